The maximum absolute atomic E-state index is 10.0. The van der Waals surface area contributed by atoms with E-state index >= 15 is 0 Å². The van der Waals surface area contributed by atoms with Gasteiger partial charge in [0, 0.05) is 18.2 Å². The second-order valence-corrected chi connectivity index (χ2v) is 7.80. The molecule has 1 aromatic carbocycles. The Labute approximate surface area is 124 Å². The van der Waals surface area contributed by atoms with Crippen LogP contribution in [0.1, 0.15) is 66.0 Å². The Hall–Kier alpha value is -1.02. The van der Waals surface area contributed by atoms with Gasteiger partial charge in [0.25, 0.3) is 0 Å². The Morgan fingerprint density at radius 3 is 2.15 bits per heavy atom. The van der Waals surface area contributed by atoms with Gasteiger partial charge >= 0.3 is 0 Å². The molecule has 0 radical (unpaired) electrons. The minimum atomic E-state index is 0.108. The van der Waals surface area contributed by atoms with E-state index in [0.29, 0.717) is 18.3 Å². The molecule has 0 bridgehead atoms. The fourth-order valence-corrected chi connectivity index (χ4v) is 2.49. The molecule has 0 saturated heterocycles. The molecule has 1 rings (SSSR count). The van der Waals surface area contributed by atoms with Crippen molar-refractivity contribution in [3.63, 3.8) is 0 Å². The van der Waals surface area contributed by atoms with Crippen LogP contribution >= 0.6 is 0 Å². The summed E-state index contributed by atoms with van der Waals surface area (Å²) in [5.74, 6) is 0.384. The molecule has 0 aromatic heterocycles. The van der Waals surface area contributed by atoms with E-state index in [0.717, 1.165) is 12.0 Å². The molecule has 0 heterocycles. The van der Waals surface area contributed by atoms with Crippen molar-refractivity contribution >= 4 is 0 Å². The third kappa shape index (κ3) is 4.52. The summed E-state index contributed by atoms with van der Waals surface area (Å²) in [5, 5.41) is 13.6. The molecular weight excluding hydrogens is 246 g/mol. The number of benzene rings is 1. The molecule has 1 atom stereocenters. The molecule has 0 fully saturated rings. The molecule has 2 N–H and O–H groups in total. The topological polar surface area (TPSA) is 32.3 Å². The summed E-state index contributed by atoms with van der Waals surface area (Å²) in [6.45, 7) is 16.3. The van der Waals surface area contributed by atoms with Crippen LogP contribution in [0.3, 0.4) is 0 Å². The first-order valence-corrected chi connectivity index (χ1v) is 7.61. The molecule has 0 unspecified atom stereocenters. The van der Waals surface area contributed by atoms with E-state index in [4.69, 9.17) is 0 Å². The summed E-state index contributed by atoms with van der Waals surface area (Å²) in [5.41, 5.74) is 2.58. The number of nitrogens with one attached hydrogen (secondary N) is 1. The van der Waals surface area contributed by atoms with Crippen LogP contribution in [0, 0.1) is 5.41 Å². The van der Waals surface area contributed by atoms with Crippen LogP contribution in [-0.2, 0) is 12.0 Å². The van der Waals surface area contributed by atoms with Gasteiger partial charge < -0.3 is 10.4 Å². The summed E-state index contributed by atoms with van der Waals surface area (Å²) >= 11 is 0. The molecule has 0 saturated carbocycles. The van der Waals surface area contributed by atoms with Crippen LogP contribution in [0.15, 0.2) is 18.2 Å². The third-order valence-electron chi connectivity index (χ3n) is 3.94. The smallest absolute Gasteiger partial charge is 0.120 e. The fraction of sp³-hybridized carbons (Fsp3) is 0.667. The number of hydrogen-bond donors (Lipinski definition) is 2. The molecule has 0 aliphatic rings. The van der Waals surface area contributed by atoms with Gasteiger partial charge in [-0.05, 0) is 28.9 Å². The first-order valence-electron chi connectivity index (χ1n) is 7.61. The molecule has 0 spiro atoms. The number of aromatic hydroxyl groups is 1. The van der Waals surface area contributed by atoms with Gasteiger partial charge in [-0.2, -0.15) is 0 Å². The molecule has 0 aliphatic heterocycles. The summed E-state index contributed by atoms with van der Waals surface area (Å²) in [6.07, 6.45) is 1.09. The quantitative estimate of drug-likeness (QED) is 0.842. The van der Waals surface area contributed by atoms with E-state index in [1.165, 1.54) is 5.56 Å². The van der Waals surface area contributed by atoms with E-state index in [1.54, 1.807) is 0 Å². The number of hydrogen-bond acceptors (Lipinski definition) is 2. The van der Waals surface area contributed by atoms with Gasteiger partial charge in [-0.15, -0.1) is 0 Å². The van der Waals surface area contributed by atoms with E-state index in [1.807, 2.05) is 12.1 Å². The highest BCUT2D eigenvalue weighted by molar-refractivity contribution is 5.38. The summed E-state index contributed by atoms with van der Waals surface area (Å²) in [6, 6.07) is 6.40. The maximum Gasteiger partial charge on any atom is 0.120 e. The van der Waals surface area contributed by atoms with Gasteiger partial charge in [0.1, 0.15) is 5.75 Å². The lowest BCUT2D eigenvalue weighted by molar-refractivity contribution is 0.258. The van der Waals surface area contributed by atoms with Crippen LogP contribution in [-0.4, -0.2) is 11.1 Å². The average molecular weight is 277 g/mol. The Kier molecular flexibility index (Phi) is 5.26. The molecule has 1 aromatic rings. The van der Waals surface area contributed by atoms with Gasteiger partial charge in [-0.25, -0.2) is 0 Å². The zero-order valence-corrected chi connectivity index (χ0v) is 14.2. The van der Waals surface area contributed by atoms with Crippen molar-refractivity contribution in [2.45, 2.75) is 72.9 Å². The Bertz CT molecular complexity index is 438. The molecule has 114 valence electrons. The lowest BCUT2D eigenvalue weighted by atomic mass is 9.84. The maximum atomic E-state index is 10.0. The van der Waals surface area contributed by atoms with Crippen LogP contribution in [0.4, 0.5) is 0 Å². The average Bonchev–Trinajstić information content (AvgIpc) is 2.28. The van der Waals surface area contributed by atoms with E-state index < -0.39 is 0 Å². The first-order chi connectivity index (χ1) is 9.05. The largest absolute Gasteiger partial charge is 0.508 e. The van der Waals surface area contributed by atoms with Gasteiger partial charge in [0.2, 0.25) is 0 Å². The van der Waals surface area contributed by atoms with Crippen LogP contribution in [0.25, 0.3) is 0 Å². The standard InChI is InChI=1S/C18H31NO/c1-8-16(18(5,6)7)19-12-13-11-14(17(2,3)4)9-10-15(13)20/h9-11,16,19-20H,8,12H2,1-7H3/t16-/m1/s1. The SMILES string of the molecule is CC[C@@H](NCc1cc(C(C)(C)C)ccc1O)C(C)(C)C. The van der Waals surface area contributed by atoms with Crippen LogP contribution in [0.5, 0.6) is 5.75 Å². The first kappa shape index (κ1) is 17.0. The minimum Gasteiger partial charge on any atom is -0.508 e. The fourth-order valence-electron chi connectivity index (χ4n) is 2.49. The molecule has 0 amide bonds. The molecule has 20 heavy (non-hydrogen) atoms. The van der Waals surface area contributed by atoms with Crippen molar-refractivity contribution in [1.29, 1.82) is 0 Å². The second kappa shape index (κ2) is 6.17. The number of phenols is 1. The third-order valence-corrected chi connectivity index (χ3v) is 3.94. The molecular formula is C18H31NO. The Balaban J connectivity index is 2.87. The highest BCUT2D eigenvalue weighted by Gasteiger charge is 2.23. The van der Waals surface area contributed by atoms with E-state index in [-0.39, 0.29) is 10.8 Å². The Morgan fingerprint density at radius 2 is 1.70 bits per heavy atom. The Morgan fingerprint density at radius 1 is 1.10 bits per heavy atom. The van der Waals surface area contributed by atoms with Gasteiger partial charge in [-0.1, -0.05) is 60.6 Å². The summed E-state index contributed by atoms with van der Waals surface area (Å²) in [7, 11) is 0. The molecule has 0 aliphatic carbocycles. The highest BCUT2D eigenvalue weighted by atomic mass is 16.3. The van der Waals surface area contributed by atoms with Crippen molar-refractivity contribution < 1.29 is 5.11 Å². The molecule has 2 heteroatoms. The number of rotatable bonds is 4. The van der Waals surface area contributed by atoms with Crippen molar-refractivity contribution in [2.75, 3.05) is 0 Å². The zero-order chi connectivity index (χ0) is 15.6. The van der Waals surface area contributed by atoms with Crippen molar-refractivity contribution in [1.82, 2.24) is 5.32 Å². The summed E-state index contributed by atoms with van der Waals surface area (Å²) < 4.78 is 0. The highest BCUT2D eigenvalue weighted by Crippen LogP contribution is 2.28. The summed E-state index contributed by atoms with van der Waals surface area (Å²) in [4.78, 5) is 0. The molecule has 2 nitrogen and oxygen atoms in total. The predicted octanol–water partition coefficient (Wildman–Crippen LogP) is 4.60. The predicted molar refractivity (Wildman–Crippen MR) is 87.2 cm³/mol. The normalized spacial score (nSPS) is 14.3. The van der Waals surface area contributed by atoms with Crippen molar-refractivity contribution in [2.24, 2.45) is 5.41 Å². The second-order valence-electron chi connectivity index (χ2n) is 7.80. The van der Waals surface area contributed by atoms with Gasteiger partial charge in [0.05, 0.1) is 0 Å². The zero-order valence-electron chi connectivity index (χ0n) is 14.2. The van der Waals surface area contributed by atoms with Crippen molar-refractivity contribution in [3.05, 3.63) is 29.3 Å². The van der Waals surface area contributed by atoms with Crippen molar-refractivity contribution in [3.8, 4) is 5.75 Å². The lowest BCUT2D eigenvalue weighted by Gasteiger charge is -2.31. The van der Waals surface area contributed by atoms with Gasteiger partial charge in [0.15, 0.2) is 0 Å². The van der Waals surface area contributed by atoms with Gasteiger partial charge in [-0.3, -0.25) is 0 Å². The lowest BCUT2D eigenvalue weighted by Crippen LogP contribution is -2.39. The number of phenolic OH excluding ortho intramolecular Hbond substituents is 1. The monoisotopic (exact) mass is 277 g/mol. The van der Waals surface area contributed by atoms with Crippen LogP contribution in [0.2, 0.25) is 0 Å². The minimum absolute atomic E-state index is 0.108. The van der Waals surface area contributed by atoms with Crippen LogP contribution < -0.4 is 5.32 Å². The van der Waals surface area contributed by atoms with E-state index in [9.17, 15) is 5.11 Å². The van der Waals surface area contributed by atoms with E-state index in [2.05, 4.69) is 59.8 Å².